The summed E-state index contributed by atoms with van der Waals surface area (Å²) in [5.41, 5.74) is 0.992. The molecule has 6 nitrogen and oxygen atoms in total. The van der Waals surface area contributed by atoms with Crippen LogP contribution in [0.25, 0.3) is 0 Å². The van der Waals surface area contributed by atoms with Crippen LogP contribution < -0.4 is 10.1 Å². The van der Waals surface area contributed by atoms with Crippen molar-refractivity contribution in [2.24, 2.45) is 0 Å². The fourth-order valence-electron chi connectivity index (χ4n) is 2.72. The average Bonchev–Trinajstić information content (AvgIpc) is 2.48. The third-order valence-electron chi connectivity index (χ3n) is 3.81. The van der Waals surface area contributed by atoms with E-state index in [1.54, 1.807) is 19.2 Å². The molecule has 0 spiro atoms. The summed E-state index contributed by atoms with van der Waals surface area (Å²) < 4.78 is 11.3. The number of nitrogens with zero attached hydrogens (tertiary/aromatic N) is 1. The first kappa shape index (κ1) is 15.7. The second kappa shape index (κ2) is 7.38. The lowest BCUT2D eigenvalue weighted by Crippen LogP contribution is -2.29. The van der Waals surface area contributed by atoms with E-state index in [-0.39, 0.29) is 17.9 Å². The molecule has 116 valence electrons. The van der Waals surface area contributed by atoms with Crippen molar-refractivity contribution < 1.29 is 14.4 Å². The van der Waals surface area contributed by atoms with Gasteiger partial charge in [-0.15, -0.1) is 0 Å². The molecule has 0 aromatic heterocycles. The number of hydrogen-bond acceptors (Lipinski definition) is 5. The van der Waals surface area contributed by atoms with Crippen molar-refractivity contribution in [2.75, 3.05) is 14.2 Å². The van der Waals surface area contributed by atoms with E-state index in [4.69, 9.17) is 9.47 Å². The highest BCUT2D eigenvalue weighted by molar-refractivity contribution is 5.48. The van der Waals surface area contributed by atoms with Gasteiger partial charge < -0.3 is 14.8 Å². The molecule has 0 bridgehead atoms. The zero-order valence-electron chi connectivity index (χ0n) is 12.5. The molecule has 0 saturated heterocycles. The molecule has 6 heteroatoms. The Morgan fingerprint density at radius 1 is 1.38 bits per heavy atom. The van der Waals surface area contributed by atoms with E-state index in [1.807, 2.05) is 7.05 Å². The van der Waals surface area contributed by atoms with Crippen molar-refractivity contribution >= 4 is 5.69 Å². The number of rotatable bonds is 6. The Morgan fingerprint density at radius 2 is 2.14 bits per heavy atom. The minimum Gasteiger partial charge on any atom is -0.483 e. The van der Waals surface area contributed by atoms with E-state index in [1.165, 1.54) is 6.07 Å². The summed E-state index contributed by atoms with van der Waals surface area (Å²) in [4.78, 5) is 10.7. The van der Waals surface area contributed by atoms with Gasteiger partial charge in [0.25, 0.3) is 0 Å². The molecule has 1 aliphatic carbocycles. The van der Waals surface area contributed by atoms with Gasteiger partial charge in [-0.2, -0.15) is 0 Å². The van der Waals surface area contributed by atoms with E-state index >= 15 is 0 Å². The zero-order valence-corrected chi connectivity index (χ0v) is 12.5. The van der Waals surface area contributed by atoms with Crippen LogP contribution in [0.2, 0.25) is 0 Å². The summed E-state index contributed by atoms with van der Waals surface area (Å²) in [7, 11) is 3.54. The number of methoxy groups -OCH3 is 1. The van der Waals surface area contributed by atoms with Crippen molar-refractivity contribution in [3.63, 3.8) is 0 Å². The smallest absolute Gasteiger partial charge is 0.310 e. The quantitative estimate of drug-likeness (QED) is 0.645. The lowest BCUT2D eigenvalue weighted by atomic mass is 9.95. The third-order valence-corrected chi connectivity index (χ3v) is 3.81. The lowest BCUT2D eigenvalue weighted by Gasteiger charge is -2.28. The van der Waals surface area contributed by atoms with Crippen LogP contribution in [0.5, 0.6) is 5.75 Å². The van der Waals surface area contributed by atoms with Gasteiger partial charge in [0.2, 0.25) is 0 Å². The van der Waals surface area contributed by atoms with Crippen LogP contribution in [0.15, 0.2) is 18.2 Å². The maximum absolute atomic E-state index is 11.1. The Kier molecular flexibility index (Phi) is 5.52. The van der Waals surface area contributed by atoms with E-state index < -0.39 is 4.92 Å². The minimum atomic E-state index is -0.394. The van der Waals surface area contributed by atoms with Crippen LogP contribution in [0, 0.1) is 10.1 Å². The van der Waals surface area contributed by atoms with Gasteiger partial charge >= 0.3 is 5.69 Å². The molecule has 2 rings (SSSR count). The van der Waals surface area contributed by atoms with Gasteiger partial charge in [0, 0.05) is 26.1 Å². The molecule has 1 aliphatic rings. The zero-order chi connectivity index (χ0) is 15.2. The molecule has 0 heterocycles. The first-order valence-electron chi connectivity index (χ1n) is 7.25. The molecule has 2 atom stereocenters. The van der Waals surface area contributed by atoms with Gasteiger partial charge in [-0.3, -0.25) is 10.1 Å². The number of hydrogen-bond donors (Lipinski definition) is 1. The van der Waals surface area contributed by atoms with E-state index in [9.17, 15) is 10.1 Å². The molecule has 0 radical (unpaired) electrons. The highest BCUT2D eigenvalue weighted by atomic mass is 16.6. The summed E-state index contributed by atoms with van der Waals surface area (Å²) in [5.74, 6) is 0.356. The van der Waals surface area contributed by atoms with Crippen molar-refractivity contribution in [3.8, 4) is 5.75 Å². The standard InChI is InChI=1S/C15H22N2O4/c1-16-10-11-6-7-14(17(18)19)15(8-11)21-13-5-3-4-12(9-13)20-2/h6-8,12-13,16H,3-5,9-10H2,1-2H3. The number of nitrogens with one attached hydrogen (secondary N) is 1. The monoisotopic (exact) mass is 294 g/mol. The number of benzene rings is 1. The highest BCUT2D eigenvalue weighted by Gasteiger charge is 2.26. The van der Waals surface area contributed by atoms with E-state index in [0.717, 1.165) is 31.2 Å². The molecule has 1 saturated carbocycles. The number of nitro benzene ring substituents is 1. The van der Waals surface area contributed by atoms with Gasteiger partial charge in [-0.05, 0) is 37.9 Å². The van der Waals surface area contributed by atoms with Gasteiger partial charge in [0.15, 0.2) is 5.75 Å². The molecule has 21 heavy (non-hydrogen) atoms. The Bertz CT molecular complexity index is 493. The Labute approximate surface area is 124 Å². The van der Waals surface area contributed by atoms with Gasteiger partial charge in [0.1, 0.15) is 6.10 Å². The van der Waals surface area contributed by atoms with Gasteiger partial charge in [-0.25, -0.2) is 0 Å². The van der Waals surface area contributed by atoms with Crippen molar-refractivity contribution in [1.29, 1.82) is 0 Å². The predicted octanol–water partition coefficient (Wildman–Crippen LogP) is 2.65. The maximum atomic E-state index is 11.1. The SMILES string of the molecule is CNCc1ccc([N+](=O)[O-])c(OC2CCCC(OC)C2)c1. The molecule has 0 aliphatic heterocycles. The van der Waals surface area contributed by atoms with Crippen molar-refractivity contribution in [1.82, 2.24) is 5.32 Å². The van der Waals surface area contributed by atoms with E-state index in [0.29, 0.717) is 12.3 Å². The second-order valence-electron chi connectivity index (χ2n) is 5.35. The van der Waals surface area contributed by atoms with Crippen LogP contribution in [-0.4, -0.2) is 31.3 Å². The molecular formula is C15H22N2O4. The van der Waals surface area contributed by atoms with Gasteiger partial charge in [-0.1, -0.05) is 6.07 Å². The predicted molar refractivity (Wildman–Crippen MR) is 79.5 cm³/mol. The molecule has 1 fully saturated rings. The number of nitro groups is 1. The van der Waals surface area contributed by atoms with E-state index in [2.05, 4.69) is 5.32 Å². The third kappa shape index (κ3) is 4.15. The largest absolute Gasteiger partial charge is 0.483 e. The fraction of sp³-hybridized carbons (Fsp3) is 0.600. The normalized spacial score (nSPS) is 22.0. The fourth-order valence-corrected chi connectivity index (χ4v) is 2.72. The van der Waals surface area contributed by atoms with Crippen molar-refractivity contribution in [3.05, 3.63) is 33.9 Å². The lowest BCUT2D eigenvalue weighted by molar-refractivity contribution is -0.386. The minimum absolute atomic E-state index is 0.0211. The molecule has 1 aromatic carbocycles. The summed E-state index contributed by atoms with van der Waals surface area (Å²) >= 11 is 0. The molecule has 2 unspecified atom stereocenters. The topological polar surface area (TPSA) is 73.6 Å². The summed E-state index contributed by atoms with van der Waals surface area (Å²) in [6.07, 6.45) is 3.90. The molecule has 0 amide bonds. The van der Waals surface area contributed by atoms with Gasteiger partial charge in [0.05, 0.1) is 11.0 Å². The van der Waals surface area contributed by atoms with Crippen LogP contribution in [0.4, 0.5) is 5.69 Å². The van der Waals surface area contributed by atoms with Crippen LogP contribution in [0.1, 0.15) is 31.2 Å². The van der Waals surface area contributed by atoms with Crippen LogP contribution in [0.3, 0.4) is 0 Å². The van der Waals surface area contributed by atoms with Crippen LogP contribution >= 0.6 is 0 Å². The maximum Gasteiger partial charge on any atom is 0.310 e. The highest BCUT2D eigenvalue weighted by Crippen LogP contribution is 2.32. The molecular weight excluding hydrogens is 272 g/mol. The molecule has 1 N–H and O–H groups in total. The number of ether oxygens (including phenoxy) is 2. The first-order valence-corrected chi connectivity index (χ1v) is 7.25. The summed E-state index contributed by atoms with van der Waals surface area (Å²) in [5, 5.41) is 14.2. The summed E-state index contributed by atoms with van der Waals surface area (Å²) in [6, 6.07) is 5.02. The average molecular weight is 294 g/mol. The van der Waals surface area contributed by atoms with Crippen molar-refractivity contribution in [2.45, 2.75) is 44.4 Å². The Balaban J connectivity index is 2.16. The van der Waals surface area contributed by atoms with Crippen LogP contribution in [-0.2, 0) is 11.3 Å². The summed E-state index contributed by atoms with van der Waals surface area (Å²) in [6.45, 7) is 0.652. The second-order valence-corrected chi connectivity index (χ2v) is 5.35. The first-order chi connectivity index (χ1) is 10.1. The Hall–Kier alpha value is -1.66. The Morgan fingerprint density at radius 3 is 2.81 bits per heavy atom. The molecule has 1 aromatic rings.